The number of hydrogen-bond donors (Lipinski definition) is 1. The van der Waals surface area contributed by atoms with Gasteiger partial charge in [-0.3, -0.25) is 0 Å². The van der Waals surface area contributed by atoms with E-state index in [1.165, 1.54) is 6.42 Å². The Morgan fingerprint density at radius 1 is 1.30 bits per heavy atom. The van der Waals surface area contributed by atoms with Gasteiger partial charge in [0.1, 0.15) is 0 Å². The average molecular weight is 140 g/mol. The molecule has 2 aliphatic rings. The van der Waals surface area contributed by atoms with E-state index in [1.807, 2.05) is 0 Å². The van der Waals surface area contributed by atoms with Gasteiger partial charge < -0.3 is 5.11 Å². The predicted molar refractivity (Wildman–Crippen MR) is 40.6 cm³/mol. The molecule has 1 heteroatoms. The third-order valence-corrected chi connectivity index (χ3v) is 3.67. The van der Waals surface area contributed by atoms with Gasteiger partial charge >= 0.3 is 0 Å². The van der Waals surface area contributed by atoms with Crippen molar-refractivity contribution in [2.24, 2.45) is 17.8 Å². The van der Waals surface area contributed by atoms with Crippen molar-refractivity contribution in [3.05, 3.63) is 0 Å². The predicted octanol–water partition coefficient (Wildman–Crippen LogP) is 1.80. The highest BCUT2D eigenvalue weighted by Crippen LogP contribution is 2.53. The van der Waals surface area contributed by atoms with E-state index >= 15 is 0 Å². The van der Waals surface area contributed by atoms with E-state index in [0.29, 0.717) is 5.92 Å². The number of fused-ring (bicyclic) bond motifs is 2. The molecule has 1 N–H and O–H groups in total. The van der Waals surface area contributed by atoms with Crippen LogP contribution in [0.2, 0.25) is 0 Å². The lowest BCUT2D eigenvalue weighted by Crippen LogP contribution is -2.31. The fraction of sp³-hybridized carbons (Fsp3) is 1.00. The van der Waals surface area contributed by atoms with E-state index in [9.17, 15) is 5.11 Å². The van der Waals surface area contributed by atoms with Crippen LogP contribution in [0.3, 0.4) is 0 Å². The molecule has 0 aromatic carbocycles. The summed E-state index contributed by atoms with van der Waals surface area (Å²) in [5.74, 6) is 2.18. The van der Waals surface area contributed by atoms with Gasteiger partial charge in [0.25, 0.3) is 0 Å². The minimum Gasteiger partial charge on any atom is -0.390 e. The van der Waals surface area contributed by atoms with E-state index in [1.54, 1.807) is 0 Å². The molecule has 1 nitrogen and oxygen atoms in total. The van der Waals surface area contributed by atoms with Gasteiger partial charge in [-0.1, -0.05) is 13.8 Å². The first kappa shape index (κ1) is 6.66. The molecule has 2 fully saturated rings. The van der Waals surface area contributed by atoms with Crippen LogP contribution in [-0.2, 0) is 0 Å². The molecule has 0 amide bonds. The molecule has 2 bridgehead atoms. The van der Waals surface area contributed by atoms with Crippen molar-refractivity contribution in [3.8, 4) is 0 Å². The Kier molecular flexibility index (Phi) is 1.17. The smallest absolute Gasteiger partial charge is 0.0678 e. The molecule has 4 unspecified atom stereocenters. The van der Waals surface area contributed by atoms with Gasteiger partial charge in [-0.2, -0.15) is 0 Å². The van der Waals surface area contributed by atoms with Crippen molar-refractivity contribution in [1.29, 1.82) is 0 Å². The second-order valence-corrected chi connectivity index (χ2v) is 4.39. The molecule has 0 aromatic heterocycles. The SMILES string of the molecule is CC1CC2(O)CC1CC2C. The lowest BCUT2D eigenvalue weighted by atomic mass is 9.82. The van der Waals surface area contributed by atoms with E-state index in [2.05, 4.69) is 13.8 Å². The lowest BCUT2D eigenvalue weighted by Gasteiger charge is -2.29. The molecular weight excluding hydrogens is 124 g/mol. The highest BCUT2D eigenvalue weighted by atomic mass is 16.3. The highest BCUT2D eigenvalue weighted by Gasteiger charge is 2.51. The summed E-state index contributed by atoms with van der Waals surface area (Å²) in [4.78, 5) is 0. The average Bonchev–Trinajstić information content (AvgIpc) is 2.20. The molecule has 0 aromatic rings. The summed E-state index contributed by atoms with van der Waals surface area (Å²) in [7, 11) is 0. The van der Waals surface area contributed by atoms with Crippen molar-refractivity contribution in [2.45, 2.75) is 38.7 Å². The van der Waals surface area contributed by atoms with E-state index < -0.39 is 0 Å². The molecule has 0 heterocycles. The van der Waals surface area contributed by atoms with Gasteiger partial charge in [0.2, 0.25) is 0 Å². The van der Waals surface area contributed by atoms with E-state index in [4.69, 9.17) is 0 Å². The molecule has 4 atom stereocenters. The summed E-state index contributed by atoms with van der Waals surface area (Å²) in [6, 6.07) is 0. The Morgan fingerprint density at radius 2 is 2.00 bits per heavy atom. The monoisotopic (exact) mass is 140 g/mol. The Hall–Kier alpha value is -0.0400. The molecular formula is C9H16O. The third kappa shape index (κ3) is 0.672. The molecule has 0 aliphatic heterocycles. The maximum Gasteiger partial charge on any atom is 0.0678 e. The summed E-state index contributed by atoms with van der Waals surface area (Å²) in [5, 5.41) is 9.98. The highest BCUT2D eigenvalue weighted by molar-refractivity contribution is 5.03. The number of rotatable bonds is 0. The first-order valence-electron chi connectivity index (χ1n) is 4.34. The van der Waals surface area contributed by atoms with Crippen LogP contribution in [-0.4, -0.2) is 10.7 Å². The van der Waals surface area contributed by atoms with Gasteiger partial charge in [-0.15, -0.1) is 0 Å². The topological polar surface area (TPSA) is 20.2 Å². The molecule has 0 saturated heterocycles. The maximum atomic E-state index is 9.98. The van der Waals surface area contributed by atoms with Crippen molar-refractivity contribution in [3.63, 3.8) is 0 Å². The van der Waals surface area contributed by atoms with Crippen LogP contribution in [0, 0.1) is 17.8 Å². The first-order chi connectivity index (χ1) is 4.62. The maximum absolute atomic E-state index is 9.98. The Morgan fingerprint density at radius 3 is 2.30 bits per heavy atom. The van der Waals surface area contributed by atoms with Crippen LogP contribution in [0.15, 0.2) is 0 Å². The fourth-order valence-electron chi connectivity index (χ4n) is 2.85. The zero-order valence-corrected chi connectivity index (χ0v) is 6.80. The summed E-state index contributed by atoms with van der Waals surface area (Å²) in [6.07, 6.45) is 3.39. The van der Waals surface area contributed by atoms with Gasteiger partial charge in [-0.25, -0.2) is 0 Å². The van der Waals surface area contributed by atoms with Gasteiger partial charge in [0.15, 0.2) is 0 Å². The van der Waals surface area contributed by atoms with Crippen molar-refractivity contribution >= 4 is 0 Å². The molecule has 2 rings (SSSR count). The van der Waals surface area contributed by atoms with Gasteiger partial charge in [0.05, 0.1) is 5.60 Å². The molecule has 2 saturated carbocycles. The van der Waals surface area contributed by atoms with Crippen LogP contribution < -0.4 is 0 Å². The minimum absolute atomic E-state index is 0.260. The number of hydrogen-bond acceptors (Lipinski definition) is 1. The third-order valence-electron chi connectivity index (χ3n) is 3.67. The van der Waals surface area contributed by atoms with Crippen LogP contribution in [0.4, 0.5) is 0 Å². The fourth-order valence-corrected chi connectivity index (χ4v) is 2.85. The quantitative estimate of drug-likeness (QED) is 0.544. The normalized spacial score (nSPS) is 59.7. The largest absolute Gasteiger partial charge is 0.390 e. The Bertz CT molecular complexity index is 151. The van der Waals surface area contributed by atoms with Crippen molar-refractivity contribution in [2.75, 3.05) is 0 Å². The van der Waals surface area contributed by atoms with Crippen LogP contribution in [0.1, 0.15) is 33.1 Å². The second kappa shape index (κ2) is 1.76. The van der Waals surface area contributed by atoms with E-state index in [-0.39, 0.29) is 5.60 Å². The number of aliphatic hydroxyl groups is 1. The first-order valence-corrected chi connectivity index (χ1v) is 4.34. The van der Waals surface area contributed by atoms with Gasteiger partial charge in [-0.05, 0) is 37.0 Å². The second-order valence-electron chi connectivity index (χ2n) is 4.39. The van der Waals surface area contributed by atoms with E-state index in [0.717, 1.165) is 24.7 Å². The Balaban J connectivity index is 2.21. The van der Waals surface area contributed by atoms with Crippen molar-refractivity contribution in [1.82, 2.24) is 0 Å². The summed E-state index contributed by atoms with van der Waals surface area (Å²) < 4.78 is 0. The molecule has 2 aliphatic carbocycles. The molecule has 0 spiro atoms. The summed E-state index contributed by atoms with van der Waals surface area (Å²) in [5.41, 5.74) is -0.260. The summed E-state index contributed by atoms with van der Waals surface area (Å²) in [6.45, 7) is 4.46. The zero-order valence-electron chi connectivity index (χ0n) is 6.80. The van der Waals surface area contributed by atoms with Crippen molar-refractivity contribution < 1.29 is 5.11 Å². The van der Waals surface area contributed by atoms with Crippen LogP contribution in [0.5, 0.6) is 0 Å². The lowest BCUT2D eigenvalue weighted by molar-refractivity contribution is 0.00112. The van der Waals surface area contributed by atoms with Crippen LogP contribution >= 0.6 is 0 Å². The standard InChI is InChI=1S/C9H16O/c1-6-4-9(10)5-8(6)3-7(9)2/h6-8,10H,3-5H2,1-2H3. The minimum atomic E-state index is -0.260. The zero-order chi connectivity index (χ0) is 7.35. The molecule has 58 valence electrons. The van der Waals surface area contributed by atoms with Gasteiger partial charge in [0, 0.05) is 0 Å². The molecule has 10 heavy (non-hydrogen) atoms. The summed E-state index contributed by atoms with van der Waals surface area (Å²) >= 11 is 0. The van der Waals surface area contributed by atoms with Crippen LogP contribution in [0.25, 0.3) is 0 Å². The molecule has 0 radical (unpaired) electrons. The Labute approximate surface area is 62.4 Å².